The summed E-state index contributed by atoms with van der Waals surface area (Å²) in [5.74, 6) is 1.05. The second-order valence-corrected chi connectivity index (χ2v) is 5.66. The van der Waals surface area contributed by atoms with Crippen LogP contribution in [0.15, 0.2) is 47.9 Å². The van der Waals surface area contributed by atoms with Gasteiger partial charge in [0.2, 0.25) is 5.91 Å². The number of hydrogen-bond acceptors (Lipinski definition) is 3. The van der Waals surface area contributed by atoms with Crippen molar-refractivity contribution in [2.45, 2.75) is 12.3 Å². The van der Waals surface area contributed by atoms with Crippen molar-refractivity contribution in [1.29, 1.82) is 0 Å². The van der Waals surface area contributed by atoms with Crippen LogP contribution in [0.25, 0.3) is 5.70 Å². The van der Waals surface area contributed by atoms with E-state index in [1.165, 1.54) is 4.88 Å². The maximum Gasteiger partial charge on any atom is 0.225 e. The lowest BCUT2D eigenvalue weighted by molar-refractivity contribution is -0.120. The number of rotatable bonds is 3. The first-order valence-electron chi connectivity index (χ1n) is 6.46. The highest BCUT2D eigenvalue weighted by Crippen LogP contribution is 2.31. The van der Waals surface area contributed by atoms with Crippen LogP contribution in [0, 0.1) is 0 Å². The molecule has 1 aliphatic rings. The van der Waals surface area contributed by atoms with Gasteiger partial charge < -0.3 is 10.1 Å². The molecule has 102 valence electrons. The predicted molar refractivity (Wildman–Crippen MR) is 80.8 cm³/mol. The van der Waals surface area contributed by atoms with Crippen molar-refractivity contribution in [2.75, 3.05) is 7.11 Å². The number of hydrogen-bond donors (Lipinski definition) is 1. The van der Waals surface area contributed by atoms with Crippen LogP contribution in [0.4, 0.5) is 0 Å². The molecule has 0 fully saturated rings. The highest BCUT2D eigenvalue weighted by molar-refractivity contribution is 7.10. The highest BCUT2D eigenvalue weighted by Gasteiger charge is 2.22. The van der Waals surface area contributed by atoms with E-state index in [0.717, 1.165) is 17.0 Å². The van der Waals surface area contributed by atoms with Crippen molar-refractivity contribution in [1.82, 2.24) is 5.32 Å². The van der Waals surface area contributed by atoms with E-state index in [1.807, 2.05) is 35.7 Å². The van der Waals surface area contributed by atoms with E-state index in [4.69, 9.17) is 4.74 Å². The number of amides is 1. The minimum atomic E-state index is 0.0664. The molecule has 3 rings (SSSR count). The van der Waals surface area contributed by atoms with E-state index in [9.17, 15) is 4.79 Å². The van der Waals surface area contributed by atoms with Gasteiger partial charge in [-0.2, -0.15) is 0 Å². The van der Waals surface area contributed by atoms with Crippen molar-refractivity contribution in [2.24, 2.45) is 0 Å². The number of thiophene rings is 1. The van der Waals surface area contributed by atoms with Crippen LogP contribution in [-0.2, 0) is 4.79 Å². The molecule has 1 unspecified atom stereocenters. The summed E-state index contributed by atoms with van der Waals surface area (Å²) in [6.45, 7) is 0. The van der Waals surface area contributed by atoms with Crippen molar-refractivity contribution in [3.63, 3.8) is 0 Å². The van der Waals surface area contributed by atoms with Gasteiger partial charge in [0.25, 0.3) is 0 Å². The molecule has 3 nitrogen and oxygen atoms in total. The van der Waals surface area contributed by atoms with Gasteiger partial charge >= 0.3 is 0 Å². The Hall–Kier alpha value is -2.07. The molecule has 1 N–H and O–H groups in total. The van der Waals surface area contributed by atoms with Crippen molar-refractivity contribution in [3.05, 3.63) is 58.3 Å². The summed E-state index contributed by atoms with van der Waals surface area (Å²) >= 11 is 1.69. The van der Waals surface area contributed by atoms with Gasteiger partial charge in [-0.25, -0.2) is 0 Å². The third-order valence-electron chi connectivity index (χ3n) is 3.36. The summed E-state index contributed by atoms with van der Waals surface area (Å²) in [7, 11) is 1.64. The topological polar surface area (TPSA) is 38.3 Å². The Labute approximate surface area is 121 Å². The Morgan fingerprint density at radius 3 is 2.70 bits per heavy atom. The monoisotopic (exact) mass is 285 g/mol. The van der Waals surface area contributed by atoms with Crippen LogP contribution in [0.5, 0.6) is 5.75 Å². The fraction of sp³-hybridized carbons (Fsp3) is 0.188. The molecule has 0 bridgehead atoms. The molecule has 0 saturated carbocycles. The van der Waals surface area contributed by atoms with E-state index >= 15 is 0 Å². The average Bonchev–Trinajstić information content (AvgIpc) is 3.01. The van der Waals surface area contributed by atoms with Gasteiger partial charge in [0.05, 0.1) is 7.11 Å². The summed E-state index contributed by atoms with van der Waals surface area (Å²) in [6.07, 6.45) is 2.65. The largest absolute Gasteiger partial charge is 0.497 e. The van der Waals surface area contributed by atoms with Crippen LogP contribution >= 0.6 is 11.3 Å². The lowest BCUT2D eigenvalue weighted by Crippen LogP contribution is -2.27. The van der Waals surface area contributed by atoms with Gasteiger partial charge in [0.1, 0.15) is 5.75 Å². The van der Waals surface area contributed by atoms with E-state index in [2.05, 4.69) is 17.5 Å². The van der Waals surface area contributed by atoms with Crippen LogP contribution < -0.4 is 10.1 Å². The number of nitrogens with one attached hydrogen (secondary N) is 1. The van der Waals surface area contributed by atoms with Gasteiger partial charge in [0, 0.05) is 22.9 Å². The zero-order valence-electron chi connectivity index (χ0n) is 11.1. The summed E-state index contributed by atoms with van der Waals surface area (Å²) in [5, 5.41) is 4.99. The van der Waals surface area contributed by atoms with Crippen LogP contribution in [-0.4, -0.2) is 13.0 Å². The molecule has 1 amide bonds. The number of methoxy groups -OCH3 is 1. The molecule has 0 aliphatic carbocycles. The molecule has 1 aliphatic heterocycles. The molecule has 1 atom stereocenters. The quantitative estimate of drug-likeness (QED) is 0.938. The average molecular weight is 285 g/mol. The van der Waals surface area contributed by atoms with Crippen molar-refractivity contribution >= 4 is 22.9 Å². The number of carbonyl (C=O) groups excluding carboxylic acids is 1. The first kappa shape index (κ1) is 12.9. The molecule has 2 heterocycles. The molecule has 4 heteroatoms. The Balaban J connectivity index is 1.92. The summed E-state index contributed by atoms with van der Waals surface area (Å²) in [4.78, 5) is 13.1. The molecule has 0 saturated heterocycles. The fourth-order valence-corrected chi connectivity index (χ4v) is 3.12. The molecule has 1 aromatic heterocycles. The zero-order chi connectivity index (χ0) is 13.9. The lowest BCUT2D eigenvalue weighted by atomic mass is 9.96. The molecule has 20 heavy (non-hydrogen) atoms. The van der Waals surface area contributed by atoms with E-state index < -0.39 is 0 Å². The normalized spacial score (nSPS) is 18.4. The number of carbonyl (C=O) groups is 1. The van der Waals surface area contributed by atoms with Gasteiger partial charge in [0.15, 0.2) is 0 Å². The predicted octanol–water partition coefficient (Wildman–Crippen LogP) is 3.40. The van der Waals surface area contributed by atoms with Crippen molar-refractivity contribution in [3.8, 4) is 5.75 Å². The summed E-state index contributed by atoms with van der Waals surface area (Å²) < 4.78 is 5.15. The van der Waals surface area contributed by atoms with Gasteiger partial charge in [-0.1, -0.05) is 12.1 Å². The van der Waals surface area contributed by atoms with E-state index in [-0.39, 0.29) is 11.8 Å². The molecule has 0 radical (unpaired) electrons. The number of ether oxygens (including phenoxy) is 1. The third-order valence-corrected chi connectivity index (χ3v) is 4.36. The van der Waals surface area contributed by atoms with Crippen molar-refractivity contribution < 1.29 is 9.53 Å². The van der Waals surface area contributed by atoms with Crippen LogP contribution in [0.1, 0.15) is 22.8 Å². The summed E-state index contributed by atoms with van der Waals surface area (Å²) in [5.41, 5.74) is 1.88. The number of allylic oxidation sites excluding steroid dienone is 1. The van der Waals surface area contributed by atoms with Gasteiger partial charge in [-0.3, -0.25) is 4.79 Å². The minimum Gasteiger partial charge on any atom is -0.497 e. The lowest BCUT2D eigenvalue weighted by Gasteiger charge is -2.21. The molecule has 2 aromatic rings. The maximum absolute atomic E-state index is 11.9. The minimum absolute atomic E-state index is 0.0664. The maximum atomic E-state index is 11.9. The summed E-state index contributed by atoms with van der Waals surface area (Å²) in [6, 6.07) is 11.8. The third kappa shape index (κ3) is 2.60. The first-order valence-corrected chi connectivity index (χ1v) is 7.34. The SMILES string of the molecule is COc1ccc(C2=CC(c3cccs3)CC(=O)N2)cc1. The van der Waals surface area contributed by atoms with E-state index in [0.29, 0.717) is 6.42 Å². The van der Waals surface area contributed by atoms with Gasteiger partial charge in [-0.05, 0) is 41.3 Å². The Morgan fingerprint density at radius 2 is 2.05 bits per heavy atom. The van der Waals surface area contributed by atoms with E-state index in [1.54, 1.807) is 18.4 Å². The molecule has 1 aromatic carbocycles. The van der Waals surface area contributed by atoms with Gasteiger partial charge in [-0.15, -0.1) is 11.3 Å². The Kier molecular flexibility index (Phi) is 3.56. The van der Waals surface area contributed by atoms with Crippen LogP contribution in [0.3, 0.4) is 0 Å². The zero-order valence-corrected chi connectivity index (χ0v) is 11.9. The number of benzene rings is 1. The standard InChI is InChI=1S/C16H15NO2S/c1-19-13-6-4-11(5-7-13)14-9-12(10-16(18)17-14)15-3-2-8-20-15/h2-9,12H,10H2,1H3,(H,17,18). The Bertz CT molecular complexity index is 629. The second kappa shape index (κ2) is 5.51. The Morgan fingerprint density at radius 1 is 1.25 bits per heavy atom. The molecular weight excluding hydrogens is 270 g/mol. The molecule has 0 spiro atoms. The fourth-order valence-electron chi connectivity index (χ4n) is 2.33. The van der Waals surface area contributed by atoms with Crippen LogP contribution in [0.2, 0.25) is 0 Å². The first-order chi connectivity index (χ1) is 9.76. The highest BCUT2D eigenvalue weighted by atomic mass is 32.1. The second-order valence-electron chi connectivity index (χ2n) is 4.68. The molecular formula is C16H15NO2S. The smallest absolute Gasteiger partial charge is 0.225 e.